The molecule has 0 aliphatic rings. The van der Waals surface area contributed by atoms with Crippen molar-refractivity contribution in [3.05, 3.63) is 75.2 Å². The summed E-state index contributed by atoms with van der Waals surface area (Å²) < 4.78 is 5.03. The summed E-state index contributed by atoms with van der Waals surface area (Å²) in [5.41, 5.74) is 5.93. The SMILES string of the molecule is COC(=O)c1c(NC(=O)c2ccccc2C)sc(C)c1-c1ccc(C)c(C)c1. The van der Waals surface area contributed by atoms with Crippen molar-refractivity contribution in [2.75, 3.05) is 12.4 Å². The molecular weight excluding hydrogens is 370 g/mol. The summed E-state index contributed by atoms with van der Waals surface area (Å²) >= 11 is 1.39. The van der Waals surface area contributed by atoms with E-state index in [0.29, 0.717) is 16.1 Å². The number of hydrogen-bond acceptors (Lipinski definition) is 4. The Morgan fingerprint density at radius 1 is 0.929 bits per heavy atom. The maximum atomic E-state index is 12.8. The van der Waals surface area contributed by atoms with Crippen LogP contribution >= 0.6 is 11.3 Å². The lowest BCUT2D eigenvalue weighted by Crippen LogP contribution is -2.15. The van der Waals surface area contributed by atoms with Crippen LogP contribution in [-0.2, 0) is 4.74 Å². The first-order valence-corrected chi connectivity index (χ1v) is 9.81. The molecule has 4 nitrogen and oxygen atoms in total. The molecule has 0 saturated heterocycles. The van der Waals surface area contributed by atoms with E-state index in [4.69, 9.17) is 4.74 Å². The Balaban J connectivity index is 2.10. The molecule has 0 radical (unpaired) electrons. The monoisotopic (exact) mass is 393 g/mol. The van der Waals surface area contributed by atoms with Crippen molar-refractivity contribution < 1.29 is 14.3 Å². The van der Waals surface area contributed by atoms with E-state index in [2.05, 4.69) is 18.3 Å². The molecule has 0 saturated carbocycles. The van der Waals surface area contributed by atoms with Gasteiger partial charge in [-0.3, -0.25) is 4.79 Å². The highest BCUT2D eigenvalue weighted by Crippen LogP contribution is 2.41. The van der Waals surface area contributed by atoms with Gasteiger partial charge in [-0.05, 0) is 56.0 Å². The third kappa shape index (κ3) is 3.71. The lowest BCUT2D eigenvalue weighted by atomic mass is 9.97. The third-order valence-electron chi connectivity index (χ3n) is 4.89. The fraction of sp³-hybridized carbons (Fsp3) is 0.217. The summed E-state index contributed by atoms with van der Waals surface area (Å²) in [4.78, 5) is 26.4. The van der Waals surface area contributed by atoms with E-state index in [1.807, 2.05) is 51.1 Å². The number of hydrogen-bond donors (Lipinski definition) is 1. The van der Waals surface area contributed by atoms with Crippen molar-refractivity contribution in [3.8, 4) is 11.1 Å². The molecule has 0 unspecified atom stereocenters. The van der Waals surface area contributed by atoms with Crippen LogP contribution in [0.4, 0.5) is 5.00 Å². The number of anilines is 1. The zero-order chi connectivity index (χ0) is 20.4. The van der Waals surface area contributed by atoms with Crippen molar-refractivity contribution in [1.82, 2.24) is 0 Å². The number of carbonyl (C=O) groups excluding carboxylic acids is 2. The first kappa shape index (κ1) is 19.8. The summed E-state index contributed by atoms with van der Waals surface area (Å²) in [7, 11) is 1.35. The Bertz CT molecular complexity index is 1070. The molecule has 144 valence electrons. The molecule has 3 rings (SSSR count). The maximum Gasteiger partial charge on any atom is 0.341 e. The minimum atomic E-state index is -0.460. The maximum absolute atomic E-state index is 12.8. The Hall–Kier alpha value is -2.92. The molecule has 1 heterocycles. The van der Waals surface area contributed by atoms with Crippen LogP contribution in [0.3, 0.4) is 0 Å². The van der Waals surface area contributed by atoms with Gasteiger partial charge in [-0.15, -0.1) is 11.3 Å². The molecule has 0 aliphatic heterocycles. The third-order valence-corrected chi connectivity index (χ3v) is 5.91. The standard InChI is InChI=1S/C23H23NO3S/c1-13-10-11-17(12-15(13)3)19-16(4)28-22(20(19)23(26)27-5)24-21(25)18-9-7-6-8-14(18)2/h6-12H,1-5H3,(H,24,25). The summed E-state index contributed by atoms with van der Waals surface area (Å²) in [6, 6.07) is 13.5. The summed E-state index contributed by atoms with van der Waals surface area (Å²) in [6.07, 6.45) is 0. The molecule has 0 aliphatic carbocycles. The summed E-state index contributed by atoms with van der Waals surface area (Å²) in [5, 5.41) is 3.42. The second-order valence-corrected chi connectivity index (χ2v) is 8.02. The molecule has 1 N–H and O–H groups in total. The number of aryl methyl sites for hydroxylation is 4. The quantitative estimate of drug-likeness (QED) is 0.580. The van der Waals surface area contributed by atoms with Gasteiger partial charge in [0.15, 0.2) is 0 Å². The minimum absolute atomic E-state index is 0.240. The highest BCUT2D eigenvalue weighted by Gasteiger charge is 2.25. The zero-order valence-electron chi connectivity index (χ0n) is 16.7. The van der Waals surface area contributed by atoms with Gasteiger partial charge in [0, 0.05) is 16.0 Å². The molecule has 2 aromatic carbocycles. The van der Waals surface area contributed by atoms with E-state index < -0.39 is 5.97 Å². The van der Waals surface area contributed by atoms with E-state index in [0.717, 1.165) is 27.1 Å². The number of ether oxygens (including phenoxy) is 1. The van der Waals surface area contributed by atoms with E-state index in [9.17, 15) is 9.59 Å². The van der Waals surface area contributed by atoms with E-state index in [1.165, 1.54) is 24.0 Å². The normalized spacial score (nSPS) is 10.6. The van der Waals surface area contributed by atoms with Gasteiger partial charge >= 0.3 is 5.97 Å². The molecule has 0 atom stereocenters. The number of nitrogens with one attached hydrogen (secondary N) is 1. The van der Waals surface area contributed by atoms with Crippen LogP contribution in [0.2, 0.25) is 0 Å². The highest BCUT2D eigenvalue weighted by atomic mass is 32.1. The fourth-order valence-electron chi connectivity index (χ4n) is 3.17. The van der Waals surface area contributed by atoms with Gasteiger partial charge in [-0.2, -0.15) is 0 Å². The molecule has 0 bridgehead atoms. The Labute approximate surface area is 169 Å². The van der Waals surface area contributed by atoms with Crippen LogP contribution in [0.1, 0.15) is 42.3 Å². The van der Waals surface area contributed by atoms with Crippen molar-refractivity contribution in [2.24, 2.45) is 0 Å². The van der Waals surface area contributed by atoms with Crippen LogP contribution in [0.25, 0.3) is 11.1 Å². The number of esters is 1. The lowest BCUT2D eigenvalue weighted by Gasteiger charge is -2.10. The number of thiophene rings is 1. The molecule has 1 amide bonds. The topological polar surface area (TPSA) is 55.4 Å². The van der Waals surface area contributed by atoms with Crippen molar-refractivity contribution in [3.63, 3.8) is 0 Å². The predicted molar refractivity (Wildman–Crippen MR) is 114 cm³/mol. The number of benzene rings is 2. The van der Waals surface area contributed by atoms with Gasteiger partial charge < -0.3 is 10.1 Å². The van der Waals surface area contributed by atoms with E-state index in [1.54, 1.807) is 6.07 Å². The average Bonchev–Trinajstić information content (AvgIpc) is 2.99. The zero-order valence-corrected chi connectivity index (χ0v) is 17.5. The van der Waals surface area contributed by atoms with Gasteiger partial charge in [0.2, 0.25) is 0 Å². The van der Waals surface area contributed by atoms with Crippen LogP contribution in [0, 0.1) is 27.7 Å². The van der Waals surface area contributed by atoms with E-state index in [-0.39, 0.29) is 5.91 Å². The Morgan fingerprint density at radius 3 is 2.29 bits per heavy atom. The van der Waals surface area contributed by atoms with Crippen molar-refractivity contribution in [2.45, 2.75) is 27.7 Å². The van der Waals surface area contributed by atoms with E-state index >= 15 is 0 Å². The van der Waals surface area contributed by atoms with Gasteiger partial charge in [0.05, 0.1) is 7.11 Å². The summed E-state index contributed by atoms with van der Waals surface area (Å²) in [5.74, 6) is -0.700. The smallest absolute Gasteiger partial charge is 0.341 e. The largest absolute Gasteiger partial charge is 0.465 e. The highest BCUT2D eigenvalue weighted by molar-refractivity contribution is 7.17. The molecule has 0 fully saturated rings. The minimum Gasteiger partial charge on any atom is -0.465 e. The molecule has 5 heteroatoms. The van der Waals surface area contributed by atoms with Gasteiger partial charge in [0.25, 0.3) is 5.91 Å². The number of rotatable bonds is 4. The molecule has 3 aromatic rings. The molecular formula is C23H23NO3S. The molecule has 0 spiro atoms. The first-order valence-electron chi connectivity index (χ1n) is 8.99. The first-order chi connectivity index (χ1) is 13.3. The van der Waals surface area contributed by atoms with Crippen molar-refractivity contribution in [1.29, 1.82) is 0 Å². The fourth-order valence-corrected chi connectivity index (χ4v) is 4.23. The van der Waals surface area contributed by atoms with Crippen LogP contribution < -0.4 is 5.32 Å². The Morgan fingerprint density at radius 2 is 1.64 bits per heavy atom. The van der Waals surface area contributed by atoms with Crippen LogP contribution in [0.5, 0.6) is 0 Å². The number of amides is 1. The average molecular weight is 394 g/mol. The molecule has 1 aromatic heterocycles. The predicted octanol–water partition coefficient (Wildman–Crippen LogP) is 5.69. The van der Waals surface area contributed by atoms with Gasteiger partial charge in [0.1, 0.15) is 10.6 Å². The number of carbonyl (C=O) groups is 2. The van der Waals surface area contributed by atoms with Gasteiger partial charge in [-0.25, -0.2) is 4.79 Å². The second kappa shape index (κ2) is 7.98. The lowest BCUT2D eigenvalue weighted by molar-refractivity contribution is 0.0603. The van der Waals surface area contributed by atoms with Gasteiger partial charge in [-0.1, -0.05) is 36.4 Å². The number of methoxy groups -OCH3 is 1. The Kier molecular flexibility index (Phi) is 5.66. The van der Waals surface area contributed by atoms with Crippen LogP contribution in [-0.4, -0.2) is 19.0 Å². The second-order valence-electron chi connectivity index (χ2n) is 6.80. The van der Waals surface area contributed by atoms with Crippen LogP contribution in [0.15, 0.2) is 42.5 Å². The molecule has 28 heavy (non-hydrogen) atoms. The summed E-state index contributed by atoms with van der Waals surface area (Å²) in [6.45, 7) is 7.93. The van der Waals surface area contributed by atoms with Crippen molar-refractivity contribution >= 4 is 28.2 Å².